The normalized spacial score (nSPS) is 28.3. The molecule has 1 aliphatic carbocycles. The molecule has 1 amide bonds. The Kier molecular flexibility index (Phi) is 6.96. The first-order valence-corrected chi connectivity index (χ1v) is 10.5. The minimum atomic E-state index is 0.262. The van der Waals surface area contributed by atoms with E-state index in [4.69, 9.17) is 0 Å². The molecule has 0 unspecified atom stereocenters. The van der Waals surface area contributed by atoms with Crippen LogP contribution in [-0.2, 0) is 4.79 Å². The standard InChI is InChI=1S/C20H37N3O/c1-2-11-22-12-5-6-17(16-22)15-21-20(24)18-9-13-23(14-10-18)19-7-3-4-8-19/h17-19H,2-16H2,1H3,(H,21,24)/t17-/m1/s1. The molecular weight excluding hydrogens is 298 g/mol. The molecule has 0 bridgehead atoms. The van der Waals surface area contributed by atoms with Crippen molar-refractivity contribution in [1.29, 1.82) is 0 Å². The summed E-state index contributed by atoms with van der Waals surface area (Å²) in [5.41, 5.74) is 0. The summed E-state index contributed by atoms with van der Waals surface area (Å²) in [6.07, 6.45) is 11.5. The minimum Gasteiger partial charge on any atom is -0.356 e. The lowest BCUT2D eigenvalue weighted by Crippen LogP contribution is -2.46. The fraction of sp³-hybridized carbons (Fsp3) is 0.950. The van der Waals surface area contributed by atoms with Gasteiger partial charge in [0.15, 0.2) is 0 Å². The SMILES string of the molecule is CCCN1CCC[C@H](CNC(=O)C2CCN(C3CCCC3)CC2)C1. The highest BCUT2D eigenvalue weighted by Crippen LogP contribution is 2.28. The van der Waals surface area contributed by atoms with Crippen LogP contribution in [0.3, 0.4) is 0 Å². The quantitative estimate of drug-likeness (QED) is 0.811. The van der Waals surface area contributed by atoms with Crippen LogP contribution in [0.2, 0.25) is 0 Å². The van der Waals surface area contributed by atoms with Crippen molar-refractivity contribution >= 4 is 5.91 Å². The zero-order chi connectivity index (χ0) is 16.8. The fourth-order valence-corrected chi connectivity index (χ4v) is 5.02. The van der Waals surface area contributed by atoms with Gasteiger partial charge in [-0.3, -0.25) is 4.79 Å². The Labute approximate surface area is 148 Å². The van der Waals surface area contributed by atoms with Crippen LogP contribution in [0.4, 0.5) is 0 Å². The molecule has 0 aromatic heterocycles. The largest absolute Gasteiger partial charge is 0.356 e. The number of rotatable bonds is 6. The zero-order valence-electron chi connectivity index (χ0n) is 15.6. The van der Waals surface area contributed by atoms with Gasteiger partial charge < -0.3 is 15.1 Å². The Balaban J connectivity index is 1.35. The van der Waals surface area contributed by atoms with Crippen LogP contribution in [0.15, 0.2) is 0 Å². The van der Waals surface area contributed by atoms with Crippen molar-refractivity contribution in [2.24, 2.45) is 11.8 Å². The third-order valence-corrected chi connectivity index (χ3v) is 6.45. The Hall–Kier alpha value is -0.610. The molecule has 1 saturated carbocycles. The summed E-state index contributed by atoms with van der Waals surface area (Å²) < 4.78 is 0. The lowest BCUT2D eigenvalue weighted by atomic mass is 9.93. The number of hydrogen-bond acceptors (Lipinski definition) is 3. The third kappa shape index (κ3) is 4.95. The van der Waals surface area contributed by atoms with E-state index in [1.807, 2.05) is 0 Å². The van der Waals surface area contributed by atoms with Gasteiger partial charge in [-0.2, -0.15) is 0 Å². The van der Waals surface area contributed by atoms with Crippen molar-refractivity contribution in [3.05, 3.63) is 0 Å². The van der Waals surface area contributed by atoms with Crippen LogP contribution in [-0.4, -0.2) is 61.0 Å². The van der Waals surface area contributed by atoms with Crippen molar-refractivity contribution in [1.82, 2.24) is 15.1 Å². The minimum absolute atomic E-state index is 0.262. The van der Waals surface area contributed by atoms with Crippen LogP contribution in [0.25, 0.3) is 0 Å². The molecule has 0 aromatic carbocycles. The van der Waals surface area contributed by atoms with Gasteiger partial charge in [0.2, 0.25) is 5.91 Å². The Morgan fingerprint density at radius 2 is 1.75 bits per heavy atom. The predicted octanol–water partition coefficient (Wildman–Crippen LogP) is 2.88. The van der Waals surface area contributed by atoms with Gasteiger partial charge in [0.05, 0.1) is 0 Å². The molecule has 4 heteroatoms. The van der Waals surface area contributed by atoms with E-state index >= 15 is 0 Å². The summed E-state index contributed by atoms with van der Waals surface area (Å²) in [6.45, 7) is 9.05. The number of hydrogen-bond donors (Lipinski definition) is 1. The monoisotopic (exact) mass is 335 g/mol. The van der Waals surface area contributed by atoms with Crippen molar-refractivity contribution in [3.8, 4) is 0 Å². The number of nitrogens with zero attached hydrogens (tertiary/aromatic N) is 2. The van der Waals surface area contributed by atoms with Crippen LogP contribution in [0.5, 0.6) is 0 Å². The molecule has 0 radical (unpaired) electrons. The van der Waals surface area contributed by atoms with Gasteiger partial charge in [-0.15, -0.1) is 0 Å². The van der Waals surface area contributed by atoms with Crippen molar-refractivity contribution < 1.29 is 4.79 Å². The molecular formula is C20H37N3O. The molecule has 0 spiro atoms. The molecule has 2 aliphatic heterocycles. The second kappa shape index (κ2) is 9.19. The first kappa shape index (κ1) is 18.2. The maximum absolute atomic E-state index is 12.5. The van der Waals surface area contributed by atoms with E-state index in [-0.39, 0.29) is 5.92 Å². The summed E-state index contributed by atoms with van der Waals surface area (Å²) in [5.74, 6) is 1.25. The Bertz CT molecular complexity index is 384. The van der Waals surface area contributed by atoms with Crippen LogP contribution >= 0.6 is 0 Å². The van der Waals surface area contributed by atoms with Gasteiger partial charge in [-0.25, -0.2) is 0 Å². The highest BCUT2D eigenvalue weighted by Gasteiger charge is 2.30. The van der Waals surface area contributed by atoms with Gasteiger partial charge in [0, 0.05) is 25.0 Å². The Morgan fingerprint density at radius 3 is 2.46 bits per heavy atom. The van der Waals surface area contributed by atoms with Crippen LogP contribution < -0.4 is 5.32 Å². The average Bonchev–Trinajstić information content (AvgIpc) is 3.15. The number of likely N-dealkylation sites (tertiary alicyclic amines) is 2. The van der Waals surface area contributed by atoms with Crippen molar-refractivity contribution in [3.63, 3.8) is 0 Å². The maximum Gasteiger partial charge on any atom is 0.223 e. The molecule has 3 rings (SSSR count). The Morgan fingerprint density at radius 1 is 1.00 bits per heavy atom. The van der Waals surface area contributed by atoms with E-state index in [1.165, 1.54) is 64.6 Å². The lowest BCUT2D eigenvalue weighted by Gasteiger charge is -2.36. The first-order chi connectivity index (χ1) is 11.8. The van der Waals surface area contributed by atoms with Crippen LogP contribution in [0.1, 0.15) is 64.7 Å². The van der Waals surface area contributed by atoms with E-state index in [9.17, 15) is 4.79 Å². The molecule has 138 valence electrons. The number of carbonyl (C=O) groups excluding carboxylic acids is 1. The molecule has 1 atom stereocenters. The average molecular weight is 336 g/mol. The molecule has 4 nitrogen and oxygen atoms in total. The van der Waals surface area contributed by atoms with Crippen LogP contribution in [0, 0.1) is 11.8 Å². The van der Waals surface area contributed by atoms with E-state index in [2.05, 4.69) is 22.0 Å². The van der Waals surface area contributed by atoms with Gasteiger partial charge in [-0.05, 0) is 77.0 Å². The highest BCUT2D eigenvalue weighted by molar-refractivity contribution is 5.78. The molecule has 3 aliphatic rings. The van der Waals surface area contributed by atoms with E-state index in [0.717, 1.165) is 38.5 Å². The highest BCUT2D eigenvalue weighted by atomic mass is 16.1. The number of nitrogens with one attached hydrogen (secondary N) is 1. The van der Waals surface area contributed by atoms with Gasteiger partial charge in [-0.1, -0.05) is 19.8 Å². The zero-order valence-corrected chi connectivity index (χ0v) is 15.6. The smallest absolute Gasteiger partial charge is 0.223 e. The molecule has 3 fully saturated rings. The molecule has 24 heavy (non-hydrogen) atoms. The third-order valence-electron chi connectivity index (χ3n) is 6.45. The van der Waals surface area contributed by atoms with E-state index < -0.39 is 0 Å². The number of carbonyl (C=O) groups is 1. The second-order valence-electron chi connectivity index (χ2n) is 8.30. The summed E-state index contributed by atoms with van der Waals surface area (Å²) >= 11 is 0. The summed E-state index contributed by atoms with van der Waals surface area (Å²) in [5, 5.41) is 3.29. The molecule has 0 aromatic rings. The first-order valence-electron chi connectivity index (χ1n) is 10.5. The van der Waals surface area contributed by atoms with E-state index in [0.29, 0.717) is 11.8 Å². The molecule has 1 N–H and O–H groups in total. The van der Waals surface area contributed by atoms with Gasteiger partial charge in [0.1, 0.15) is 0 Å². The number of piperidine rings is 2. The van der Waals surface area contributed by atoms with Gasteiger partial charge >= 0.3 is 0 Å². The fourth-order valence-electron chi connectivity index (χ4n) is 5.02. The summed E-state index contributed by atoms with van der Waals surface area (Å²) in [6, 6.07) is 0.820. The van der Waals surface area contributed by atoms with Crippen molar-refractivity contribution in [2.75, 3.05) is 39.3 Å². The molecule has 2 heterocycles. The summed E-state index contributed by atoms with van der Waals surface area (Å²) in [7, 11) is 0. The maximum atomic E-state index is 12.5. The lowest BCUT2D eigenvalue weighted by molar-refractivity contribution is -0.126. The van der Waals surface area contributed by atoms with Gasteiger partial charge in [0.25, 0.3) is 0 Å². The molecule has 2 saturated heterocycles. The number of amides is 1. The second-order valence-corrected chi connectivity index (χ2v) is 8.30. The summed E-state index contributed by atoms with van der Waals surface area (Å²) in [4.78, 5) is 17.8. The topological polar surface area (TPSA) is 35.6 Å². The van der Waals surface area contributed by atoms with Crippen molar-refractivity contribution in [2.45, 2.75) is 70.8 Å². The van der Waals surface area contributed by atoms with E-state index in [1.54, 1.807) is 0 Å². The predicted molar refractivity (Wildman–Crippen MR) is 99.0 cm³/mol.